The van der Waals surface area contributed by atoms with Crippen LogP contribution in [0.4, 0.5) is 0 Å². The smallest absolute Gasteiger partial charge is 0.147 e. The predicted molar refractivity (Wildman–Crippen MR) is 57.1 cm³/mol. The molecule has 0 atom stereocenters. The number of rotatable bonds is 2. The zero-order valence-corrected chi connectivity index (χ0v) is 13.3. The SMILES string of the molecule is C[N-]S(=O)(=O)c1cnc(Cl)c(Cl)c1.[CH3-].[Y]. The van der Waals surface area contributed by atoms with Gasteiger partial charge in [-0.1, -0.05) is 23.2 Å². The Labute approximate surface area is 125 Å². The van der Waals surface area contributed by atoms with Crippen molar-refractivity contribution in [3.63, 3.8) is 0 Å². The van der Waals surface area contributed by atoms with E-state index in [0.29, 0.717) is 0 Å². The Morgan fingerprint density at radius 2 is 1.93 bits per heavy atom. The molecule has 0 spiro atoms. The second kappa shape index (κ2) is 7.14. The quantitative estimate of drug-likeness (QED) is 0.612. The molecule has 15 heavy (non-hydrogen) atoms. The summed E-state index contributed by atoms with van der Waals surface area (Å²) >= 11 is 11.1. The van der Waals surface area contributed by atoms with Crippen molar-refractivity contribution in [3.8, 4) is 0 Å². The van der Waals surface area contributed by atoms with Crippen molar-refractivity contribution in [2.24, 2.45) is 0 Å². The second-order valence-electron chi connectivity index (χ2n) is 2.10. The molecule has 1 heterocycles. The molecule has 1 radical (unpaired) electrons. The van der Waals surface area contributed by atoms with Crippen molar-refractivity contribution in [2.45, 2.75) is 4.90 Å². The molecule has 0 unspecified atom stereocenters. The molecule has 0 aliphatic carbocycles. The van der Waals surface area contributed by atoms with E-state index in [4.69, 9.17) is 23.2 Å². The Morgan fingerprint density at radius 3 is 2.33 bits per heavy atom. The zero-order valence-electron chi connectivity index (χ0n) is 8.11. The molecule has 83 valence electrons. The Bertz CT molecular complexity index is 425. The Kier molecular flexibility index (Phi) is 8.63. The van der Waals surface area contributed by atoms with Crippen LogP contribution in [-0.4, -0.2) is 20.4 Å². The van der Waals surface area contributed by atoms with Gasteiger partial charge in [0.25, 0.3) is 0 Å². The van der Waals surface area contributed by atoms with Crippen LogP contribution in [0.2, 0.25) is 10.2 Å². The number of sulfonamides is 1. The van der Waals surface area contributed by atoms with Crippen LogP contribution in [0.15, 0.2) is 17.2 Å². The molecule has 0 aliphatic rings. The van der Waals surface area contributed by atoms with Crippen molar-refractivity contribution >= 4 is 33.2 Å². The van der Waals surface area contributed by atoms with Gasteiger partial charge in [0.05, 0.1) is 9.92 Å². The minimum atomic E-state index is -3.62. The van der Waals surface area contributed by atoms with Crippen molar-refractivity contribution in [2.75, 3.05) is 7.05 Å². The summed E-state index contributed by atoms with van der Waals surface area (Å²) in [5.41, 5.74) is 0. The Morgan fingerprint density at radius 1 is 1.40 bits per heavy atom. The number of hydrogen-bond donors (Lipinski definition) is 0. The monoisotopic (exact) mass is 343 g/mol. The maximum absolute atomic E-state index is 11.2. The van der Waals surface area contributed by atoms with E-state index >= 15 is 0 Å². The van der Waals surface area contributed by atoms with Gasteiger partial charge in [0.1, 0.15) is 15.2 Å². The van der Waals surface area contributed by atoms with Crippen LogP contribution in [0.1, 0.15) is 0 Å². The second-order valence-corrected chi connectivity index (χ2v) is 4.65. The average molecular weight is 344 g/mol. The van der Waals surface area contributed by atoms with Gasteiger partial charge in [-0.3, -0.25) is 0 Å². The van der Waals surface area contributed by atoms with E-state index in [9.17, 15) is 8.42 Å². The van der Waals surface area contributed by atoms with Crippen LogP contribution in [0, 0.1) is 7.43 Å². The molecule has 0 fully saturated rings. The molecule has 8 heteroatoms. The van der Waals surface area contributed by atoms with Crippen LogP contribution in [-0.2, 0) is 42.7 Å². The summed E-state index contributed by atoms with van der Waals surface area (Å²) in [5.74, 6) is 0. The maximum Gasteiger partial charge on any atom is 0.147 e. The Balaban J connectivity index is 0. The van der Waals surface area contributed by atoms with Crippen LogP contribution in [0.5, 0.6) is 0 Å². The van der Waals surface area contributed by atoms with Crippen molar-refractivity contribution in [3.05, 3.63) is 34.6 Å². The third kappa shape index (κ3) is 4.63. The topological polar surface area (TPSA) is 61.1 Å². The molecule has 0 saturated carbocycles. The number of nitrogens with zero attached hydrogens (tertiary/aromatic N) is 2. The van der Waals surface area contributed by atoms with Crippen LogP contribution in [0.3, 0.4) is 0 Å². The van der Waals surface area contributed by atoms with Gasteiger partial charge >= 0.3 is 0 Å². The molecule has 0 aromatic carbocycles. The van der Waals surface area contributed by atoms with Crippen LogP contribution >= 0.6 is 23.2 Å². The van der Waals surface area contributed by atoms with E-state index in [1.54, 1.807) is 0 Å². The molecule has 0 amide bonds. The summed E-state index contributed by atoms with van der Waals surface area (Å²) in [6.07, 6.45) is 1.11. The molecular weight excluding hydrogens is 336 g/mol. The number of halogens is 2. The molecule has 1 aromatic heterocycles. The third-order valence-corrected chi connectivity index (χ3v) is 3.30. The molecule has 0 N–H and O–H groups in total. The van der Waals surface area contributed by atoms with E-state index in [2.05, 4.69) is 9.71 Å². The first-order valence-corrected chi connectivity index (χ1v) is 5.34. The largest absolute Gasteiger partial charge is 0.547 e. The van der Waals surface area contributed by atoms with Crippen LogP contribution < -0.4 is 0 Å². The first-order valence-electron chi connectivity index (χ1n) is 3.14. The van der Waals surface area contributed by atoms with E-state index in [1.165, 1.54) is 13.1 Å². The summed E-state index contributed by atoms with van der Waals surface area (Å²) in [6, 6.07) is 1.21. The third-order valence-electron chi connectivity index (χ3n) is 1.31. The zero-order chi connectivity index (χ0) is 10.1. The molecular formula is C7H8Cl2N2O2SY-2. The fourth-order valence-electron chi connectivity index (χ4n) is 0.650. The molecule has 1 aromatic rings. The van der Waals surface area contributed by atoms with Crippen molar-refractivity contribution in [1.82, 2.24) is 4.98 Å². The number of hydrogen-bond acceptors (Lipinski definition) is 3. The van der Waals surface area contributed by atoms with E-state index in [0.717, 1.165) is 6.20 Å². The summed E-state index contributed by atoms with van der Waals surface area (Å²) in [5, 5.41) is 0.156. The van der Waals surface area contributed by atoms with Gasteiger partial charge in [-0.05, 0) is 6.07 Å². The number of aromatic nitrogens is 1. The summed E-state index contributed by atoms with van der Waals surface area (Å²) in [6.45, 7) is 0. The first kappa shape index (κ1) is 18.1. The van der Waals surface area contributed by atoms with E-state index in [1.807, 2.05) is 0 Å². The molecule has 1 rings (SSSR count). The summed E-state index contributed by atoms with van der Waals surface area (Å²) < 4.78 is 25.5. The normalized spacial score (nSPS) is 10.1. The predicted octanol–water partition coefficient (Wildman–Crippen LogP) is 2.53. The van der Waals surface area contributed by atoms with Crippen LogP contribution in [0.25, 0.3) is 4.72 Å². The summed E-state index contributed by atoms with van der Waals surface area (Å²) in [7, 11) is -2.44. The van der Waals surface area contributed by atoms with Crippen molar-refractivity contribution in [1.29, 1.82) is 0 Å². The van der Waals surface area contributed by atoms with Gasteiger partial charge in [0.2, 0.25) is 0 Å². The Hall–Kier alpha value is 0.744. The molecule has 4 nitrogen and oxygen atoms in total. The fraction of sp³-hybridized carbons (Fsp3) is 0.143. The maximum atomic E-state index is 11.2. The van der Waals surface area contributed by atoms with Gasteiger partial charge in [-0.2, -0.15) is 7.05 Å². The standard InChI is InChI=1S/C6H5Cl2N2O2S.CH3.Y/c1-9-13(11,12)4-2-5(7)6(8)10-3-4;;/h2-3H,1H3;1H3;/q2*-1;. The fourth-order valence-corrected chi connectivity index (χ4v) is 1.65. The molecule has 0 saturated heterocycles. The van der Waals surface area contributed by atoms with Gasteiger partial charge in [0.15, 0.2) is 0 Å². The first-order chi connectivity index (χ1) is 5.97. The average Bonchev–Trinajstić information content (AvgIpc) is 2.09. The minimum absolute atomic E-state index is 0. The van der Waals surface area contributed by atoms with Gasteiger partial charge in [-0.25, -0.2) is 13.4 Å². The number of pyridine rings is 1. The van der Waals surface area contributed by atoms with Gasteiger partial charge in [-0.15, -0.1) is 0 Å². The summed E-state index contributed by atoms with van der Waals surface area (Å²) in [4.78, 5) is 3.52. The molecule has 0 aliphatic heterocycles. The van der Waals surface area contributed by atoms with Crippen molar-refractivity contribution < 1.29 is 41.1 Å². The van der Waals surface area contributed by atoms with Gasteiger partial charge < -0.3 is 12.1 Å². The minimum Gasteiger partial charge on any atom is -0.547 e. The van der Waals surface area contributed by atoms with Gasteiger partial charge in [0, 0.05) is 38.9 Å². The molecule has 0 bridgehead atoms. The van der Waals surface area contributed by atoms with E-state index in [-0.39, 0.29) is 55.2 Å². The van der Waals surface area contributed by atoms with E-state index < -0.39 is 10.0 Å².